The first-order chi connectivity index (χ1) is 15.2. The van der Waals surface area contributed by atoms with Gasteiger partial charge in [-0.15, -0.1) is 0 Å². The summed E-state index contributed by atoms with van der Waals surface area (Å²) in [5.41, 5.74) is 2.75. The molecule has 2 nitrogen and oxygen atoms in total. The normalized spacial score (nSPS) is 11.8. The van der Waals surface area contributed by atoms with Gasteiger partial charge in [0.05, 0.1) is 0 Å². The molecule has 0 aliphatic rings. The molecule has 0 N–H and O–H groups in total. The zero-order valence-corrected chi connectivity index (χ0v) is 23.4. The molecule has 0 unspecified atom stereocenters. The van der Waals surface area contributed by atoms with E-state index in [1.165, 1.54) is 54.2 Å². The van der Waals surface area contributed by atoms with Gasteiger partial charge in [-0.2, -0.15) is 0 Å². The van der Waals surface area contributed by atoms with Crippen molar-refractivity contribution in [3.8, 4) is 5.75 Å². The van der Waals surface area contributed by atoms with Crippen LogP contribution in [0.25, 0.3) is 0 Å². The van der Waals surface area contributed by atoms with Gasteiger partial charge < -0.3 is 0 Å². The molecule has 0 radical (unpaired) electrons. The molecule has 31 heavy (non-hydrogen) atoms. The Balaban J connectivity index is 2.32. The number of hydrogen-bond donors (Lipinski definition) is 0. The fraction of sp³-hybridized carbons (Fsp3) is 0.571. The number of benzene rings is 2. The van der Waals surface area contributed by atoms with Crippen LogP contribution in [0.2, 0.25) is 13.3 Å². The van der Waals surface area contributed by atoms with E-state index >= 15 is 0 Å². The van der Waals surface area contributed by atoms with E-state index in [-0.39, 0.29) is 0 Å². The van der Waals surface area contributed by atoms with Crippen LogP contribution in [0.5, 0.6) is 5.75 Å². The third-order valence-corrected chi connectivity index (χ3v) is 21.9. The molecule has 0 fully saturated rings. The van der Waals surface area contributed by atoms with Gasteiger partial charge in [0, 0.05) is 0 Å². The average Bonchev–Trinajstić information content (AvgIpc) is 2.81. The summed E-state index contributed by atoms with van der Waals surface area (Å²) < 4.78 is 11.8. The molecule has 0 bridgehead atoms. The van der Waals surface area contributed by atoms with Gasteiger partial charge in [0.25, 0.3) is 0 Å². The van der Waals surface area contributed by atoms with Crippen molar-refractivity contribution in [2.24, 2.45) is 0 Å². The molecule has 172 valence electrons. The summed E-state index contributed by atoms with van der Waals surface area (Å²) in [6.45, 7) is 9.14. The van der Waals surface area contributed by atoms with E-state index in [1.807, 2.05) is 0 Å². The van der Waals surface area contributed by atoms with Gasteiger partial charge in [0.15, 0.2) is 0 Å². The van der Waals surface area contributed by atoms with E-state index in [0.717, 1.165) is 18.8 Å². The number of ether oxygens (including phenoxy) is 1. The van der Waals surface area contributed by atoms with E-state index in [9.17, 15) is 0 Å². The molecule has 0 spiro atoms. The Kier molecular flexibility index (Phi) is 12.7. The van der Waals surface area contributed by atoms with Crippen molar-refractivity contribution in [3.05, 3.63) is 65.7 Å². The Labute approximate surface area is 196 Å². The van der Waals surface area contributed by atoms with Crippen LogP contribution >= 0.6 is 0 Å². The van der Waals surface area contributed by atoms with Crippen LogP contribution in [0, 0.1) is 0 Å². The van der Waals surface area contributed by atoms with Crippen molar-refractivity contribution in [1.82, 2.24) is 4.90 Å². The van der Waals surface area contributed by atoms with Crippen LogP contribution in [-0.2, 0) is 13.1 Å². The van der Waals surface area contributed by atoms with Crippen LogP contribution in [0.3, 0.4) is 0 Å². The molecule has 0 heterocycles. The number of unbranched alkanes of at least 4 members (excludes halogenated alkanes) is 3. The van der Waals surface area contributed by atoms with Crippen molar-refractivity contribution < 1.29 is 4.74 Å². The molecule has 0 amide bonds. The molecule has 0 saturated heterocycles. The van der Waals surface area contributed by atoms with Gasteiger partial charge in [0.2, 0.25) is 0 Å². The fourth-order valence-electron chi connectivity index (χ4n) is 4.83. The van der Waals surface area contributed by atoms with Crippen LogP contribution in [0.1, 0.15) is 70.4 Å². The van der Waals surface area contributed by atoms with Crippen LogP contribution < -0.4 is 4.74 Å². The fourth-order valence-corrected chi connectivity index (χ4v) is 21.1. The molecular weight excluding hydrogens is 485 g/mol. The summed E-state index contributed by atoms with van der Waals surface area (Å²) in [5.74, 6) is 1.03. The second kappa shape index (κ2) is 14.9. The summed E-state index contributed by atoms with van der Waals surface area (Å²) in [6, 6.07) is 19.7. The Morgan fingerprint density at radius 3 is 1.81 bits per heavy atom. The maximum absolute atomic E-state index is 5.71. The predicted molar refractivity (Wildman–Crippen MR) is 138 cm³/mol. The van der Waals surface area contributed by atoms with E-state index < -0.39 is 18.4 Å². The molecule has 0 aliphatic heterocycles. The number of methoxy groups -OCH3 is 1. The Bertz CT molecular complexity index is 696. The van der Waals surface area contributed by atoms with E-state index in [0.29, 0.717) is 0 Å². The summed E-state index contributed by atoms with van der Waals surface area (Å²) >= 11 is -2.29. The van der Waals surface area contributed by atoms with E-state index in [1.54, 1.807) is 20.4 Å². The quantitative estimate of drug-likeness (QED) is 0.204. The number of para-hydroxylation sites is 1. The first kappa shape index (κ1) is 26.3. The minimum absolute atomic E-state index is 0.988. The first-order valence-electron chi connectivity index (χ1n) is 12.5. The predicted octanol–water partition coefficient (Wildman–Crippen LogP) is 8.09. The standard InChI is InChI=1S/C16H18NO.3C4H9.Sn/c1-17(12-14-8-4-3-5-9-14)13-15-10-6-7-11-16(15)18-2;3*1-3-4-2;/h3-11H,1,12-13H2,2H3;3*1,3-4H2,2H3;. The van der Waals surface area contributed by atoms with Crippen molar-refractivity contribution in [2.75, 3.05) is 11.7 Å². The number of hydrogen-bond acceptors (Lipinski definition) is 2. The second-order valence-corrected chi connectivity index (χ2v) is 23.0. The molecule has 2 rings (SSSR count). The van der Waals surface area contributed by atoms with Crippen molar-refractivity contribution in [1.29, 1.82) is 0 Å². The number of rotatable bonds is 16. The Morgan fingerprint density at radius 1 is 0.710 bits per heavy atom. The third-order valence-electron chi connectivity index (χ3n) is 6.58. The summed E-state index contributed by atoms with van der Waals surface area (Å²) in [4.78, 5) is 2.78. The summed E-state index contributed by atoms with van der Waals surface area (Å²) in [7, 11) is 1.80. The molecule has 2 aromatic carbocycles. The Hall–Kier alpha value is -1.00. The Morgan fingerprint density at radius 2 is 1.26 bits per heavy atom. The second-order valence-electron chi connectivity index (χ2n) is 9.25. The zero-order valence-electron chi connectivity index (χ0n) is 20.5. The molecule has 2 aromatic rings. The van der Waals surface area contributed by atoms with Gasteiger partial charge in [-0.05, 0) is 0 Å². The zero-order chi connectivity index (χ0) is 22.4. The van der Waals surface area contributed by atoms with Gasteiger partial charge in [0.1, 0.15) is 0 Å². The van der Waals surface area contributed by atoms with Gasteiger partial charge in [-0.3, -0.25) is 0 Å². The van der Waals surface area contributed by atoms with Crippen LogP contribution in [-0.4, -0.2) is 34.9 Å². The van der Waals surface area contributed by atoms with E-state index in [4.69, 9.17) is 4.74 Å². The maximum atomic E-state index is 5.71. The molecule has 3 heteroatoms. The summed E-state index contributed by atoms with van der Waals surface area (Å²) in [6.07, 6.45) is 8.29. The minimum atomic E-state index is -2.29. The van der Waals surface area contributed by atoms with Crippen LogP contribution in [0.15, 0.2) is 54.6 Å². The van der Waals surface area contributed by atoms with Crippen LogP contribution in [0.4, 0.5) is 0 Å². The number of nitrogens with zero attached hydrogens (tertiary/aromatic N) is 1. The molecule has 0 atom stereocenters. The SMILES string of the molecule is CCC[CH2][Sn]([CH2]CCC)([CH2]CCC)[CH2]N(Cc1ccccc1)Cc1ccccc1OC. The molecular formula is C28H45NOSn. The average molecular weight is 530 g/mol. The van der Waals surface area contributed by atoms with Gasteiger partial charge in [-0.25, -0.2) is 0 Å². The monoisotopic (exact) mass is 531 g/mol. The topological polar surface area (TPSA) is 12.5 Å². The molecule has 0 aromatic heterocycles. The summed E-state index contributed by atoms with van der Waals surface area (Å²) in [5, 5.41) is 0. The third kappa shape index (κ3) is 9.17. The molecule has 0 aliphatic carbocycles. The van der Waals surface area contributed by atoms with Crippen molar-refractivity contribution in [2.45, 2.75) is 85.7 Å². The van der Waals surface area contributed by atoms with Gasteiger partial charge >= 0.3 is 197 Å². The van der Waals surface area contributed by atoms with Crippen molar-refractivity contribution in [3.63, 3.8) is 0 Å². The van der Waals surface area contributed by atoms with Gasteiger partial charge in [-0.1, -0.05) is 0 Å². The first-order valence-corrected chi connectivity index (χ1v) is 20.6. The van der Waals surface area contributed by atoms with E-state index in [2.05, 4.69) is 80.3 Å². The molecule has 0 saturated carbocycles. The van der Waals surface area contributed by atoms with Crippen molar-refractivity contribution >= 4 is 18.4 Å².